The average molecular weight is 465 g/mol. The van der Waals surface area contributed by atoms with Crippen molar-refractivity contribution in [2.45, 2.75) is 25.4 Å². The molecule has 1 heterocycles. The van der Waals surface area contributed by atoms with Gasteiger partial charge < -0.3 is 19.9 Å². The Hall–Kier alpha value is -1.86. The van der Waals surface area contributed by atoms with E-state index < -0.39 is 11.5 Å². The van der Waals surface area contributed by atoms with Crippen molar-refractivity contribution in [3.05, 3.63) is 62.2 Å². The fourth-order valence-electron chi connectivity index (χ4n) is 3.78. The van der Waals surface area contributed by atoms with Gasteiger partial charge in [-0.1, -0.05) is 31.5 Å². The topological polar surface area (TPSA) is 82.5 Å². The maximum absolute atomic E-state index is 13.4. The summed E-state index contributed by atoms with van der Waals surface area (Å²) in [4.78, 5) is 16.8. The molecular weight excluding hydrogens is 446 g/mol. The monoisotopic (exact) mass is 463 g/mol. The predicted molar refractivity (Wildman–Crippen MR) is 112 cm³/mol. The number of rotatable bonds is 4. The summed E-state index contributed by atoms with van der Waals surface area (Å²) >= 11 is 9.87. The van der Waals surface area contributed by atoms with Crippen LogP contribution in [0.5, 0.6) is 5.75 Å². The van der Waals surface area contributed by atoms with Crippen LogP contribution in [0.4, 0.5) is 0 Å². The van der Waals surface area contributed by atoms with Crippen LogP contribution in [0.25, 0.3) is 10.9 Å². The average Bonchev–Trinajstić information content (AvgIpc) is 3.07. The lowest BCUT2D eigenvalue weighted by Crippen LogP contribution is -2.30. The Balaban J connectivity index is 1.89. The molecule has 0 spiro atoms. The Morgan fingerprint density at radius 1 is 1.32 bits per heavy atom. The van der Waals surface area contributed by atoms with E-state index in [2.05, 4.69) is 20.9 Å². The SMILES string of the molecule is CC1(C)c2cc(OCC(O)CO)c(Br)cc2C(=O)c2c1[nH]c1cccc(Cl)c21. The van der Waals surface area contributed by atoms with Gasteiger partial charge in [-0.3, -0.25) is 4.79 Å². The normalized spacial score (nSPS) is 16.0. The highest BCUT2D eigenvalue weighted by Gasteiger charge is 2.40. The van der Waals surface area contributed by atoms with Gasteiger partial charge in [0.2, 0.25) is 0 Å². The first-order valence-corrected chi connectivity index (χ1v) is 10.0. The zero-order valence-corrected chi connectivity index (χ0v) is 17.7. The molecule has 5 nitrogen and oxygen atoms in total. The fraction of sp³-hybridized carbons (Fsp3) is 0.286. The maximum atomic E-state index is 13.4. The molecule has 0 bridgehead atoms. The number of hydrogen-bond donors (Lipinski definition) is 3. The molecule has 4 rings (SSSR count). The van der Waals surface area contributed by atoms with E-state index in [1.165, 1.54) is 0 Å². The molecule has 0 aliphatic heterocycles. The van der Waals surface area contributed by atoms with Gasteiger partial charge in [-0.2, -0.15) is 0 Å². The molecule has 0 amide bonds. The second kappa shape index (κ2) is 6.88. The fourth-order valence-corrected chi connectivity index (χ4v) is 4.50. The van der Waals surface area contributed by atoms with E-state index in [1.807, 2.05) is 32.0 Å². The number of aromatic amines is 1. The maximum Gasteiger partial charge on any atom is 0.195 e. The number of H-pyrrole nitrogens is 1. The number of benzene rings is 2. The largest absolute Gasteiger partial charge is 0.490 e. The quantitative estimate of drug-likeness (QED) is 0.541. The van der Waals surface area contributed by atoms with Gasteiger partial charge in [-0.05, 0) is 45.8 Å². The Morgan fingerprint density at radius 3 is 2.79 bits per heavy atom. The highest BCUT2D eigenvalue weighted by Crippen LogP contribution is 2.47. The summed E-state index contributed by atoms with van der Waals surface area (Å²) in [7, 11) is 0. The van der Waals surface area contributed by atoms with Crippen LogP contribution in [0.2, 0.25) is 5.02 Å². The van der Waals surface area contributed by atoms with E-state index in [1.54, 1.807) is 12.1 Å². The predicted octanol–water partition coefficient (Wildman–Crippen LogP) is 4.19. The van der Waals surface area contributed by atoms with Gasteiger partial charge in [0.25, 0.3) is 0 Å². The van der Waals surface area contributed by atoms with Crippen molar-refractivity contribution in [1.82, 2.24) is 4.98 Å². The Labute approximate surface area is 175 Å². The van der Waals surface area contributed by atoms with Crippen LogP contribution in [0.15, 0.2) is 34.8 Å². The van der Waals surface area contributed by atoms with E-state index in [0.717, 1.165) is 22.2 Å². The number of ketones is 1. The molecule has 3 N–H and O–H groups in total. The summed E-state index contributed by atoms with van der Waals surface area (Å²) in [5.41, 5.74) is 3.17. The summed E-state index contributed by atoms with van der Waals surface area (Å²) in [6.07, 6.45) is -0.972. The molecular formula is C21H19BrClNO4. The van der Waals surface area contributed by atoms with Crippen LogP contribution in [0.3, 0.4) is 0 Å². The summed E-state index contributed by atoms with van der Waals surface area (Å²) in [5.74, 6) is 0.413. The van der Waals surface area contributed by atoms with Crippen molar-refractivity contribution in [2.24, 2.45) is 0 Å². The first kappa shape index (κ1) is 19.5. The number of nitrogens with one attached hydrogen (secondary N) is 1. The first-order valence-electron chi connectivity index (χ1n) is 8.86. The smallest absolute Gasteiger partial charge is 0.195 e. The van der Waals surface area contributed by atoms with Gasteiger partial charge in [0.1, 0.15) is 18.5 Å². The molecule has 0 saturated heterocycles. The van der Waals surface area contributed by atoms with E-state index in [4.69, 9.17) is 21.4 Å². The molecule has 3 aromatic rings. The second-order valence-corrected chi connectivity index (χ2v) is 8.73. The number of carbonyl (C=O) groups is 1. The minimum Gasteiger partial charge on any atom is -0.490 e. The van der Waals surface area contributed by atoms with Crippen LogP contribution in [-0.4, -0.2) is 40.3 Å². The third-order valence-corrected chi connectivity index (χ3v) is 6.19. The van der Waals surface area contributed by atoms with Gasteiger partial charge in [-0.25, -0.2) is 0 Å². The lowest BCUT2D eigenvalue weighted by molar-refractivity contribution is 0.0533. The minimum absolute atomic E-state index is 0.0461. The van der Waals surface area contributed by atoms with E-state index in [-0.39, 0.29) is 19.0 Å². The molecule has 1 aliphatic rings. The molecule has 146 valence electrons. The standard InChI is InChI=1S/C21H19BrClNO4/c1-21(2)12-7-16(28-9-10(26)8-25)13(22)6-11(12)19(27)18-17-14(23)4-3-5-15(17)24-20(18)21/h3-7,10,24-26H,8-9H2,1-2H3. The zero-order valence-electron chi connectivity index (χ0n) is 15.3. The molecule has 2 aromatic carbocycles. The van der Waals surface area contributed by atoms with Gasteiger partial charge in [0, 0.05) is 27.6 Å². The van der Waals surface area contributed by atoms with Gasteiger partial charge >= 0.3 is 0 Å². The van der Waals surface area contributed by atoms with E-state index >= 15 is 0 Å². The Bertz CT molecular complexity index is 1110. The number of ether oxygens (including phenoxy) is 1. The van der Waals surface area contributed by atoms with Crippen LogP contribution in [0, 0.1) is 0 Å². The molecule has 7 heteroatoms. The van der Waals surface area contributed by atoms with Crippen molar-refractivity contribution in [3.63, 3.8) is 0 Å². The van der Waals surface area contributed by atoms with Crippen molar-refractivity contribution in [3.8, 4) is 5.75 Å². The molecule has 28 heavy (non-hydrogen) atoms. The van der Waals surface area contributed by atoms with Gasteiger partial charge in [0.05, 0.1) is 21.7 Å². The number of halogens is 2. The van der Waals surface area contributed by atoms with Crippen molar-refractivity contribution in [2.75, 3.05) is 13.2 Å². The molecule has 1 unspecified atom stereocenters. The van der Waals surface area contributed by atoms with Gasteiger partial charge in [-0.15, -0.1) is 0 Å². The summed E-state index contributed by atoms with van der Waals surface area (Å²) in [6, 6.07) is 9.11. The molecule has 0 saturated carbocycles. The van der Waals surface area contributed by atoms with Crippen LogP contribution >= 0.6 is 27.5 Å². The van der Waals surface area contributed by atoms with Crippen LogP contribution in [-0.2, 0) is 5.41 Å². The lowest BCUT2D eigenvalue weighted by atomic mass is 9.71. The van der Waals surface area contributed by atoms with Crippen molar-refractivity contribution >= 4 is 44.2 Å². The highest BCUT2D eigenvalue weighted by molar-refractivity contribution is 9.10. The first-order chi connectivity index (χ1) is 13.3. The molecule has 1 atom stereocenters. The number of hydrogen-bond acceptors (Lipinski definition) is 4. The van der Waals surface area contributed by atoms with Crippen molar-refractivity contribution < 1.29 is 19.7 Å². The summed E-state index contributed by atoms with van der Waals surface area (Å²) in [6.45, 7) is 3.66. The molecule has 1 aromatic heterocycles. The number of aromatic nitrogens is 1. The zero-order chi connectivity index (χ0) is 20.2. The molecule has 1 aliphatic carbocycles. The number of aliphatic hydroxyl groups is 2. The van der Waals surface area contributed by atoms with Crippen LogP contribution in [0.1, 0.15) is 41.0 Å². The number of aliphatic hydroxyl groups excluding tert-OH is 2. The molecule has 0 radical (unpaired) electrons. The van der Waals surface area contributed by atoms with Crippen molar-refractivity contribution in [1.29, 1.82) is 0 Å². The minimum atomic E-state index is -0.972. The molecule has 0 fully saturated rings. The number of carbonyl (C=O) groups excluding carboxylic acids is 1. The second-order valence-electron chi connectivity index (χ2n) is 7.47. The number of fused-ring (bicyclic) bond motifs is 4. The third kappa shape index (κ3) is 2.87. The van der Waals surface area contributed by atoms with E-state index in [0.29, 0.717) is 26.4 Å². The van der Waals surface area contributed by atoms with Crippen LogP contribution < -0.4 is 4.74 Å². The van der Waals surface area contributed by atoms with E-state index in [9.17, 15) is 9.90 Å². The Morgan fingerprint density at radius 2 is 2.07 bits per heavy atom. The summed E-state index contributed by atoms with van der Waals surface area (Å²) in [5, 5.41) is 19.8. The third-order valence-electron chi connectivity index (χ3n) is 5.26. The highest BCUT2D eigenvalue weighted by atomic mass is 79.9. The Kier molecular flexibility index (Phi) is 4.78. The summed E-state index contributed by atoms with van der Waals surface area (Å²) < 4.78 is 6.26. The van der Waals surface area contributed by atoms with Gasteiger partial charge in [0.15, 0.2) is 5.78 Å². The lowest BCUT2D eigenvalue weighted by Gasteiger charge is -2.32.